The molecule has 4 heteroatoms. The number of hydrogen-bond acceptors (Lipinski definition) is 3. The first kappa shape index (κ1) is 11.4. The second-order valence-electron chi connectivity index (χ2n) is 3.90. The number of carboxylic acid groups (broad SMARTS) is 1. The zero-order valence-electron chi connectivity index (χ0n) is 9.18. The molecule has 0 atom stereocenters. The number of ketones is 1. The average molecular weight is 232 g/mol. The van der Waals surface area contributed by atoms with Crippen LogP contribution in [0.25, 0.3) is 11.0 Å². The molecule has 4 nitrogen and oxygen atoms in total. The van der Waals surface area contributed by atoms with Gasteiger partial charge in [0.1, 0.15) is 17.8 Å². The van der Waals surface area contributed by atoms with E-state index in [2.05, 4.69) is 0 Å². The molecule has 0 unspecified atom stereocenters. The zero-order chi connectivity index (χ0) is 12.3. The van der Waals surface area contributed by atoms with Crippen LogP contribution in [0.4, 0.5) is 0 Å². The smallest absolute Gasteiger partial charge is 0.310 e. The third-order valence-electron chi connectivity index (χ3n) is 2.56. The van der Waals surface area contributed by atoms with Crippen molar-refractivity contribution in [1.29, 1.82) is 0 Å². The van der Waals surface area contributed by atoms with Gasteiger partial charge in [-0.2, -0.15) is 0 Å². The van der Waals surface area contributed by atoms with E-state index in [1.807, 2.05) is 24.3 Å². The summed E-state index contributed by atoms with van der Waals surface area (Å²) in [6.07, 6.45) is 2.04. The average Bonchev–Trinajstić information content (AvgIpc) is 2.72. The van der Waals surface area contributed by atoms with Crippen LogP contribution in [0, 0.1) is 0 Å². The van der Waals surface area contributed by atoms with Gasteiger partial charge < -0.3 is 9.52 Å². The Hall–Kier alpha value is -2.10. The van der Waals surface area contributed by atoms with Crippen LogP contribution in [0.5, 0.6) is 0 Å². The fraction of sp³-hybridized carbons (Fsp3) is 0.231. The number of furan rings is 1. The number of hydrogen-bond donors (Lipinski definition) is 1. The summed E-state index contributed by atoms with van der Waals surface area (Å²) in [5, 5.41) is 9.46. The lowest BCUT2D eigenvalue weighted by atomic mass is 10.0. The van der Waals surface area contributed by atoms with Crippen molar-refractivity contribution in [1.82, 2.24) is 0 Å². The molecule has 1 aromatic heterocycles. The van der Waals surface area contributed by atoms with Crippen LogP contribution >= 0.6 is 0 Å². The molecule has 1 heterocycles. The van der Waals surface area contributed by atoms with Crippen LogP contribution in [0.15, 0.2) is 34.9 Å². The fourth-order valence-electron chi connectivity index (χ4n) is 1.71. The van der Waals surface area contributed by atoms with Gasteiger partial charge in [0.2, 0.25) is 0 Å². The maximum Gasteiger partial charge on any atom is 0.310 e. The SMILES string of the molecule is O=C(O)CC(=O)CCc1ccc2occc2c1. The van der Waals surface area contributed by atoms with Crippen LogP contribution in [0.2, 0.25) is 0 Å². The highest BCUT2D eigenvalue weighted by Gasteiger charge is 2.08. The molecule has 0 aliphatic carbocycles. The minimum absolute atomic E-state index is 0.246. The molecule has 2 aromatic rings. The van der Waals surface area contributed by atoms with Gasteiger partial charge in [-0.05, 0) is 30.2 Å². The molecule has 2 rings (SSSR count). The number of rotatable bonds is 5. The maximum absolute atomic E-state index is 11.2. The van der Waals surface area contributed by atoms with Crippen molar-refractivity contribution in [2.45, 2.75) is 19.3 Å². The molecular weight excluding hydrogens is 220 g/mol. The Kier molecular flexibility index (Phi) is 3.23. The Morgan fingerprint density at radius 3 is 2.82 bits per heavy atom. The topological polar surface area (TPSA) is 67.5 Å². The second-order valence-corrected chi connectivity index (χ2v) is 3.90. The Morgan fingerprint density at radius 1 is 1.24 bits per heavy atom. The van der Waals surface area contributed by atoms with Crippen molar-refractivity contribution in [2.75, 3.05) is 0 Å². The summed E-state index contributed by atoms with van der Waals surface area (Å²) in [4.78, 5) is 21.6. The molecule has 0 fully saturated rings. The second kappa shape index (κ2) is 4.82. The number of fused-ring (bicyclic) bond motifs is 1. The predicted octanol–water partition coefficient (Wildman–Crippen LogP) is 2.41. The molecule has 0 radical (unpaired) electrons. The lowest BCUT2D eigenvalue weighted by Crippen LogP contribution is -2.07. The Labute approximate surface area is 97.8 Å². The molecule has 0 aliphatic heterocycles. The standard InChI is InChI=1S/C13H12O4/c14-11(8-13(15)16)3-1-9-2-4-12-10(7-9)5-6-17-12/h2,4-7H,1,3,8H2,(H,15,16). The van der Waals surface area contributed by atoms with Gasteiger partial charge in [-0.1, -0.05) is 6.07 Å². The van der Waals surface area contributed by atoms with E-state index in [4.69, 9.17) is 9.52 Å². The van der Waals surface area contributed by atoms with E-state index in [0.29, 0.717) is 6.42 Å². The quantitative estimate of drug-likeness (QED) is 0.804. The zero-order valence-corrected chi connectivity index (χ0v) is 9.18. The molecule has 0 saturated carbocycles. The number of carbonyl (C=O) groups excluding carboxylic acids is 1. The van der Waals surface area contributed by atoms with Crippen LogP contribution in [-0.4, -0.2) is 16.9 Å². The molecule has 1 aromatic carbocycles. The van der Waals surface area contributed by atoms with Crippen molar-refractivity contribution in [2.24, 2.45) is 0 Å². The van der Waals surface area contributed by atoms with Crippen molar-refractivity contribution >= 4 is 22.7 Å². The van der Waals surface area contributed by atoms with E-state index in [1.54, 1.807) is 6.26 Å². The summed E-state index contributed by atoms with van der Waals surface area (Å²) in [6.45, 7) is 0. The Bertz CT molecular complexity index is 553. The van der Waals surface area contributed by atoms with Crippen molar-refractivity contribution < 1.29 is 19.1 Å². The highest BCUT2D eigenvalue weighted by Crippen LogP contribution is 2.17. The van der Waals surface area contributed by atoms with Crippen LogP contribution < -0.4 is 0 Å². The lowest BCUT2D eigenvalue weighted by molar-refractivity contribution is -0.140. The molecule has 0 spiro atoms. The number of carbonyl (C=O) groups is 2. The molecule has 0 aliphatic rings. The third-order valence-corrected chi connectivity index (χ3v) is 2.56. The van der Waals surface area contributed by atoms with E-state index in [-0.39, 0.29) is 12.2 Å². The maximum atomic E-state index is 11.2. The molecule has 1 N–H and O–H groups in total. The fourth-order valence-corrected chi connectivity index (χ4v) is 1.71. The van der Waals surface area contributed by atoms with Crippen molar-refractivity contribution in [3.8, 4) is 0 Å². The number of benzene rings is 1. The van der Waals surface area contributed by atoms with Crippen LogP contribution in [-0.2, 0) is 16.0 Å². The number of aliphatic carboxylic acids is 1. The Balaban J connectivity index is 1.98. The summed E-state index contributed by atoms with van der Waals surface area (Å²) < 4.78 is 5.21. The first-order valence-electron chi connectivity index (χ1n) is 5.35. The molecule has 17 heavy (non-hydrogen) atoms. The minimum Gasteiger partial charge on any atom is -0.481 e. The van der Waals surface area contributed by atoms with Gasteiger partial charge in [0.15, 0.2) is 0 Å². The van der Waals surface area contributed by atoms with Gasteiger partial charge in [-0.25, -0.2) is 0 Å². The number of aryl methyl sites for hydroxylation is 1. The van der Waals surface area contributed by atoms with E-state index < -0.39 is 12.4 Å². The van der Waals surface area contributed by atoms with Gasteiger partial charge in [0.25, 0.3) is 0 Å². The normalized spacial score (nSPS) is 10.6. The van der Waals surface area contributed by atoms with Gasteiger partial charge in [0.05, 0.1) is 6.26 Å². The van der Waals surface area contributed by atoms with Crippen molar-refractivity contribution in [3.63, 3.8) is 0 Å². The molecule has 0 saturated heterocycles. The monoisotopic (exact) mass is 232 g/mol. The summed E-state index contributed by atoms with van der Waals surface area (Å²) in [5.74, 6) is -1.31. The molecule has 88 valence electrons. The van der Waals surface area contributed by atoms with Gasteiger partial charge in [0, 0.05) is 11.8 Å². The number of carboxylic acids is 1. The molecule has 0 bridgehead atoms. The summed E-state index contributed by atoms with van der Waals surface area (Å²) in [6, 6.07) is 7.55. The third kappa shape index (κ3) is 2.93. The highest BCUT2D eigenvalue weighted by molar-refractivity contribution is 5.94. The predicted molar refractivity (Wildman–Crippen MR) is 61.8 cm³/mol. The Morgan fingerprint density at radius 2 is 2.06 bits per heavy atom. The largest absolute Gasteiger partial charge is 0.481 e. The van der Waals surface area contributed by atoms with E-state index in [9.17, 15) is 9.59 Å². The van der Waals surface area contributed by atoms with Gasteiger partial charge >= 0.3 is 5.97 Å². The van der Waals surface area contributed by atoms with E-state index >= 15 is 0 Å². The van der Waals surface area contributed by atoms with Gasteiger partial charge in [-0.3, -0.25) is 9.59 Å². The van der Waals surface area contributed by atoms with E-state index in [0.717, 1.165) is 16.5 Å². The molecule has 0 amide bonds. The van der Waals surface area contributed by atoms with Crippen LogP contribution in [0.1, 0.15) is 18.4 Å². The highest BCUT2D eigenvalue weighted by atomic mass is 16.4. The van der Waals surface area contributed by atoms with Crippen LogP contribution in [0.3, 0.4) is 0 Å². The lowest BCUT2D eigenvalue weighted by Gasteiger charge is -2.00. The first-order valence-corrected chi connectivity index (χ1v) is 5.35. The molecular formula is C13H12O4. The summed E-state index contributed by atoms with van der Waals surface area (Å²) in [7, 11) is 0. The first-order chi connectivity index (χ1) is 8.15. The van der Waals surface area contributed by atoms with E-state index in [1.165, 1.54) is 0 Å². The summed E-state index contributed by atoms with van der Waals surface area (Å²) in [5.41, 5.74) is 1.82. The minimum atomic E-state index is -1.07. The summed E-state index contributed by atoms with van der Waals surface area (Å²) >= 11 is 0. The van der Waals surface area contributed by atoms with Gasteiger partial charge in [-0.15, -0.1) is 0 Å². The van der Waals surface area contributed by atoms with Crippen molar-refractivity contribution in [3.05, 3.63) is 36.1 Å². The number of Topliss-reactive ketones (excluding diaryl/α,β-unsaturated/α-hetero) is 1.